The first-order chi connectivity index (χ1) is 9.35. The number of benzene rings is 1. The molecule has 2 aromatic rings. The molecular weight excluding hydrogens is 236 g/mol. The third kappa shape index (κ3) is 2.70. The monoisotopic (exact) mass is 254 g/mol. The zero-order valence-electron chi connectivity index (χ0n) is 11.1. The molecule has 0 radical (unpaired) electrons. The fourth-order valence-corrected chi connectivity index (χ4v) is 2.59. The Kier molecular flexibility index (Phi) is 3.36. The van der Waals surface area contributed by atoms with Crippen LogP contribution >= 0.6 is 0 Å². The van der Waals surface area contributed by atoms with Gasteiger partial charge in [-0.15, -0.1) is 0 Å². The van der Waals surface area contributed by atoms with Crippen LogP contribution in [0.1, 0.15) is 18.1 Å². The van der Waals surface area contributed by atoms with Gasteiger partial charge >= 0.3 is 0 Å². The Balaban J connectivity index is 1.69. The number of fused-ring (bicyclic) bond motifs is 1. The minimum atomic E-state index is 0.432. The molecule has 0 atom stereocenters. The van der Waals surface area contributed by atoms with Crippen LogP contribution < -0.4 is 10.1 Å². The van der Waals surface area contributed by atoms with Crippen molar-refractivity contribution in [2.75, 3.05) is 11.9 Å². The Morgan fingerprint density at radius 2 is 1.84 bits per heavy atom. The number of pyridine rings is 1. The van der Waals surface area contributed by atoms with E-state index >= 15 is 0 Å². The minimum Gasteiger partial charge on any atom is -0.478 e. The van der Waals surface area contributed by atoms with E-state index in [0.717, 1.165) is 18.7 Å². The van der Waals surface area contributed by atoms with Gasteiger partial charge in [0.25, 0.3) is 0 Å². The summed E-state index contributed by atoms with van der Waals surface area (Å²) in [4.78, 5) is 4.46. The molecule has 0 spiro atoms. The van der Waals surface area contributed by atoms with E-state index in [4.69, 9.17) is 4.74 Å². The number of hydrogen-bond acceptors (Lipinski definition) is 3. The van der Waals surface area contributed by atoms with Crippen LogP contribution in [0.3, 0.4) is 0 Å². The molecule has 0 aliphatic heterocycles. The van der Waals surface area contributed by atoms with E-state index in [2.05, 4.69) is 34.6 Å². The van der Waals surface area contributed by atoms with E-state index < -0.39 is 0 Å². The molecule has 3 heteroatoms. The topological polar surface area (TPSA) is 34.1 Å². The second-order valence-electron chi connectivity index (χ2n) is 4.81. The summed E-state index contributed by atoms with van der Waals surface area (Å²) >= 11 is 0. The second-order valence-corrected chi connectivity index (χ2v) is 4.81. The van der Waals surface area contributed by atoms with Crippen molar-refractivity contribution in [2.45, 2.75) is 25.8 Å². The molecule has 0 amide bonds. The molecular formula is C16H18N2O. The summed E-state index contributed by atoms with van der Waals surface area (Å²) in [7, 11) is 0. The highest BCUT2D eigenvalue weighted by atomic mass is 16.5. The van der Waals surface area contributed by atoms with Crippen molar-refractivity contribution >= 4 is 5.82 Å². The number of hydrogen-bond donors (Lipinski definition) is 1. The van der Waals surface area contributed by atoms with Gasteiger partial charge < -0.3 is 10.1 Å². The van der Waals surface area contributed by atoms with Crippen molar-refractivity contribution in [1.29, 1.82) is 0 Å². The van der Waals surface area contributed by atoms with Gasteiger partial charge in [0, 0.05) is 12.1 Å². The van der Waals surface area contributed by atoms with Gasteiger partial charge in [0.05, 0.1) is 6.61 Å². The normalized spacial score (nSPS) is 14.2. The van der Waals surface area contributed by atoms with Crippen LogP contribution in [0.4, 0.5) is 5.82 Å². The van der Waals surface area contributed by atoms with Crippen LogP contribution in [0.15, 0.2) is 42.5 Å². The molecule has 98 valence electrons. The molecule has 0 saturated carbocycles. The Hall–Kier alpha value is -2.03. The van der Waals surface area contributed by atoms with E-state index in [1.807, 2.05) is 25.1 Å². The van der Waals surface area contributed by atoms with Gasteiger partial charge in [-0.3, -0.25) is 0 Å². The fraction of sp³-hybridized carbons (Fsp3) is 0.312. The molecule has 1 aliphatic rings. The molecule has 3 rings (SSSR count). The number of nitrogens with one attached hydrogen (secondary N) is 1. The molecule has 1 aromatic heterocycles. The maximum Gasteiger partial charge on any atom is 0.215 e. The predicted molar refractivity (Wildman–Crippen MR) is 76.7 cm³/mol. The average molecular weight is 254 g/mol. The summed E-state index contributed by atoms with van der Waals surface area (Å²) < 4.78 is 5.42. The highest BCUT2D eigenvalue weighted by molar-refractivity contribution is 5.42. The fourth-order valence-electron chi connectivity index (χ4n) is 2.59. The van der Waals surface area contributed by atoms with Crippen LogP contribution in [-0.2, 0) is 12.8 Å². The van der Waals surface area contributed by atoms with Crippen molar-refractivity contribution in [2.24, 2.45) is 0 Å². The zero-order chi connectivity index (χ0) is 13.1. The second kappa shape index (κ2) is 5.31. The van der Waals surface area contributed by atoms with Gasteiger partial charge in [-0.25, -0.2) is 0 Å². The minimum absolute atomic E-state index is 0.432. The smallest absolute Gasteiger partial charge is 0.215 e. The first-order valence-electron chi connectivity index (χ1n) is 6.78. The highest BCUT2D eigenvalue weighted by Crippen LogP contribution is 2.24. The molecule has 1 aliphatic carbocycles. The van der Waals surface area contributed by atoms with Crippen molar-refractivity contribution in [3.63, 3.8) is 0 Å². The molecule has 0 unspecified atom stereocenters. The standard InChI is InChI=1S/C16H18N2O/c1-2-19-16-9-5-8-15(18-16)17-14-10-12-6-3-4-7-13(12)11-14/h3-9,14H,2,10-11H2,1H3,(H,17,18). The SMILES string of the molecule is CCOc1cccc(NC2Cc3ccccc3C2)n1. The Bertz CT molecular complexity index is 543. The summed E-state index contributed by atoms with van der Waals surface area (Å²) in [6.45, 7) is 2.61. The molecule has 3 nitrogen and oxygen atoms in total. The molecule has 19 heavy (non-hydrogen) atoms. The van der Waals surface area contributed by atoms with Crippen molar-refractivity contribution in [3.8, 4) is 5.88 Å². The average Bonchev–Trinajstić information content (AvgIpc) is 2.81. The maximum atomic E-state index is 5.42. The van der Waals surface area contributed by atoms with Crippen LogP contribution in [0, 0.1) is 0 Å². The number of ether oxygens (including phenoxy) is 1. The summed E-state index contributed by atoms with van der Waals surface area (Å²) in [6, 6.07) is 14.9. The Labute approximate surface area is 113 Å². The van der Waals surface area contributed by atoms with E-state index in [-0.39, 0.29) is 0 Å². The van der Waals surface area contributed by atoms with E-state index in [1.54, 1.807) is 0 Å². The van der Waals surface area contributed by atoms with E-state index in [1.165, 1.54) is 11.1 Å². The lowest BCUT2D eigenvalue weighted by molar-refractivity contribution is 0.327. The first kappa shape index (κ1) is 12.0. The molecule has 0 saturated heterocycles. The summed E-state index contributed by atoms with van der Waals surface area (Å²) in [5, 5.41) is 3.50. The van der Waals surface area contributed by atoms with Gasteiger partial charge in [-0.1, -0.05) is 30.3 Å². The number of aromatic nitrogens is 1. The molecule has 0 bridgehead atoms. The molecule has 1 aromatic carbocycles. The summed E-state index contributed by atoms with van der Waals surface area (Å²) in [5.74, 6) is 1.58. The van der Waals surface area contributed by atoms with E-state index in [9.17, 15) is 0 Å². The largest absolute Gasteiger partial charge is 0.478 e. The molecule has 1 heterocycles. The zero-order valence-corrected chi connectivity index (χ0v) is 11.1. The third-order valence-corrected chi connectivity index (χ3v) is 3.42. The van der Waals surface area contributed by atoms with Crippen molar-refractivity contribution in [3.05, 3.63) is 53.6 Å². The summed E-state index contributed by atoms with van der Waals surface area (Å²) in [6.07, 6.45) is 2.13. The Morgan fingerprint density at radius 3 is 2.53 bits per heavy atom. The first-order valence-corrected chi connectivity index (χ1v) is 6.78. The third-order valence-electron chi connectivity index (χ3n) is 3.42. The predicted octanol–water partition coefficient (Wildman–Crippen LogP) is 3.06. The number of rotatable bonds is 4. The van der Waals surface area contributed by atoms with Crippen molar-refractivity contribution in [1.82, 2.24) is 4.98 Å². The lowest BCUT2D eigenvalue weighted by Gasteiger charge is -2.13. The van der Waals surface area contributed by atoms with Gasteiger partial charge in [-0.05, 0) is 37.0 Å². The van der Waals surface area contributed by atoms with Crippen LogP contribution in [0.2, 0.25) is 0 Å². The van der Waals surface area contributed by atoms with Crippen LogP contribution in [0.25, 0.3) is 0 Å². The maximum absolute atomic E-state index is 5.42. The number of anilines is 1. The molecule has 0 fully saturated rings. The van der Waals surface area contributed by atoms with Gasteiger partial charge in [0.15, 0.2) is 0 Å². The lowest BCUT2D eigenvalue weighted by atomic mass is 10.1. The van der Waals surface area contributed by atoms with Crippen molar-refractivity contribution < 1.29 is 4.74 Å². The highest BCUT2D eigenvalue weighted by Gasteiger charge is 2.20. The Morgan fingerprint density at radius 1 is 1.11 bits per heavy atom. The summed E-state index contributed by atoms with van der Waals surface area (Å²) in [5.41, 5.74) is 2.89. The number of nitrogens with zero attached hydrogens (tertiary/aromatic N) is 1. The van der Waals surface area contributed by atoms with Gasteiger partial charge in [0.2, 0.25) is 5.88 Å². The quantitative estimate of drug-likeness (QED) is 0.910. The van der Waals surface area contributed by atoms with Gasteiger partial charge in [-0.2, -0.15) is 4.98 Å². The van der Waals surface area contributed by atoms with Crippen LogP contribution in [-0.4, -0.2) is 17.6 Å². The van der Waals surface area contributed by atoms with Crippen LogP contribution in [0.5, 0.6) is 5.88 Å². The van der Waals surface area contributed by atoms with E-state index in [0.29, 0.717) is 18.5 Å². The lowest BCUT2D eigenvalue weighted by Crippen LogP contribution is -2.20. The van der Waals surface area contributed by atoms with Gasteiger partial charge in [0.1, 0.15) is 5.82 Å². The molecule has 1 N–H and O–H groups in total.